The Labute approximate surface area is 92.5 Å². The first-order valence-corrected chi connectivity index (χ1v) is 5.71. The number of guanidine groups is 1. The second kappa shape index (κ2) is 5.95. The van der Waals surface area contributed by atoms with Gasteiger partial charge < -0.3 is 15.4 Å². The zero-order valence-electron chi connectivity index (χ0n) is 10.1. The Morgan fingerprint density at radius 2 is 2.07 bits per heavy atom. The highest BCUT2D eigenvalue weighted by atomic mass is 16.5. The Kier molecular flexibility index (Phi) is 4.88. The molecule has 1 rings (SSSR count). The average molecular weight is 213 g/mol. The summed E-state index contributed by atoms with van der Waals surface area (Å²) in [6.07, 6.45) is 2.10. The molecule has 1 heterocycles. The molecule has 0 spiro atoms. The quantitative estimate of drug-likeness (QED) is 0.563. The molecule has 0 aromatic carbocycles. The van der Waals surface area contributed by atoms with Crippen LogP contribution in [0, 0.1) is 5.92 Å². The van der Waals surface area contributed by atoms with E-state index in [1.807, 2.05) is 7.05 Å². The van der Waals surface area contributed by atoms with Crippen LogP contribution >= 0.6 is 0 Å². The Morgan fingerprint density at radius 3 is 2.60 bits per heavy atom. The summed E-state index contributed by atoms with van der Waals surface area (Å²) in [5.74, 6) is 1.22. The summed E-state index contributed by atoms with van der Waals surface area (Å²) < 4.78 is 5.32. The van der Waals surface area contributed by atoms with E-state index in [0.29, 0.717) is 17.9 Å². The molecule has 1 fully saturated rings. The third kappa shape index (κ3) is 4.08. The number of rotatable bonds is 3. The van der Waals surface area contributed by atoms with Crippen LogP contribution in [0.3, 0.4) is 0 Å². The first-order chi connectivity index (χ1) is 7.11. The third-order valence-electron chi connectivity index (χ3n) is 2.72. The molecule has 1 aliphatic rings. The maximum atomic E-state index is 5.93. The molecule has 4 heteroatoms. The van der Waals surface area contributed by atoms with Gasteiger partial charge in [-0.05, 0) is 18.8 Å². The highest BCUT2D eigenvalue weighted by Crippen LogP contribution is 2.12. The summed E-state index contributed by atoms with van der Waals surface area (Å²) in [6.45, 7) is 6.77. The SMILES string of the molecule is CC(C)CN=C(N)N(C)C1CCOCC1. The van der Waals surface area contributed by atoms with Crippen molar-refractivity contribution in [3.8, 4) is 0 Å². The fraction of sp³-hybridized carbons (Fsp3) is 0.909. The monoisotopic (exact) mass is 213 g/mol. The van der Waals surface area contributed by atoms with E-state index in [-0.39, 0.29) is 0 Å². The van der Waals surface area contributed by atoms with E-state index in [1.165, 1.54) is 0 Å². The van der Waals surface area contributed by atoms with Crippen molar-refractivity contribution in [3.05, 3.63) is 0 Å². The highest BCUT2D eigenvalue weighted by Gasteiger charge is 2.19. The van der Waals surface area contributed by atoms with E-state index in [9.17, 15) is 0 Å². The maximum absolute atomic E-state index is 5.93. The van der Waals surface area contributed by atoms with Crippen LogP contribution in [0.25, 0.3) is 0 Å². The molecular formula is C11H23N3O. The molecule has 0 aliphatic carbocycles. The minimum Gasteiger partial charge on any atom is -0.381 e. The summed E-state index contributed by atoms with van der Waals surface area (Å²) in [5.41, 5.74) is 5.93. The molecule has 1 saturated heterocycles. The van der Waals surface area contributed by atoms with Crippen LogP contribution in [0.15, 0.2) is 4.99 Å². The minimum absolute atomic E-state index is 0.495. The van der Waals surface area contributed by atoms with E-state index >= 15 is 0 Å². The van der Waals surface area contributed by atoms with Crippen LogP contribution in [0.4, 0.5) is 0 Å². The molecule has 0 saturated carbocycles. The van der Waals surface area contributed by atoms with Gasteiger partial charge in [0.15, 0.2) is 5.96 Å². The Balaban J connectivity index is 2.43. The smallest absolute Gasteiger partial charge is 0.191 e. The molecule has 0 aromatic rings. The van der Waals surface area contributed by atoms with Gasteiger partial charge in [-0.2, -0.15) is 0 Å². The van der Waals surface area contributed by atoms with Crippen LogP contribution in [0.1, 0.15) is 26.7 Å². The maximum Gasteiger partial charge on any atom is 0.191 e. The van der Waals surface area contributed by atoms with Crippen molar-refractivity contribution in [1.82, 2.24) is 4.90 Å². The van der Waals surface area contributed by atoms with Crippen molar-refractivity contribution >= 4 is 5.96 Å². The second-order valence-corrected chi connectivity index (χ2v) is 4.55. The Bertz CT molecular complexity index is 210. The number of hydrogen-bond acceptors (Lipinski definition) is 2. The van der Waals surface area contributed by atoms with Crippen molar-refractivity contribution in [2.24, 2.45) is 16.6 Å². The van der Waals surface area contributed by atoms with E-state index in [4.69, 9.17) is 10.5 Å². The second-order valence-electron chi connectivity index (χ2n) is 4.55. The van der Waals surface area contributed by atoms with Gasteiger partial charge in [0.1, 0.15) is 0 Å². The lowest BCUT2D eigenvalue weighted by molar-refractivity contribution is 0.0602. The fourth-order valence-corrected chi connectivity index (χ4v) is 1.65. The first kappa shape index (κ1) is 12.3. The highest BCUT2D eigenvalue weighted by molar-refractivity contribution is 5.78. The van der Waals surface area contributed by atoms with Gasteiger partial charge in [-0.15, -0.1) is 0 Å². The predicted molar refractivity (Wildman–Crippen MR) is 62.9 cm³/mol. The molecule has 15 heavy (non-hydrogen) atoms. The average Bonchev–Trinajstić information content (AvgIpc) is 2.26. The normalized spacial score (nSPS) is 19.6. The van der Waals surface area contributed by atoms with E-state index in [2.05, 4.69) is 23.7 Å². The topological polar surface area (TPSA) is 50.8 Å². The van der Waals surface area contributed by atoms with Crippen LogP contribution in [-0.4, -0.2) is 43.7 Å². The van der Waals surface area contributed by atoms with Crippen molar-refractivity contribution < 1.29 is 4.74 Å². The first-order valence-electron chi connectivity index (χ1n) is 5.71. The minimum atomic E-state index is 0.495. The molecule has 4 nitrogen and oxygen atoms in total. The van der Waals surface area contributed by atoms with Crippen LogP contribution in [0.5, 0.6) is 0 Å². The van der Waals surface area contributed by atoms with Crippen LogP contribution in [-0.2, 0) is 4.74 Å². The predicted octanol–water partition coefficient (Wildman–Crippen LogP) is 1.07. The van der Waals surface area contributed by atoms with E-state index in [1.54, 1.807) is 0 Å². The number of hydrogen-bond donors (Lipinski definition) is 1. The largest absolute Gasteiger partial charge is 0.381 e. The lowest BCUT2D eigenvalue weighted by Gasteiger charge is -2.32. The summed E-state index contributed by atoms with van der Waals surface area (Å²) in [5, 5.41) is 0. The molecule has 1 aliphatic heterocycles. The Morgan fingerprint density at radius 1 is 1.47 bits per heavy atom. The summed E-state index contributed by atoms with van der Waals surface area (Å²) in [6, 6.07) is 0.495. The molecule has 88 valence electrons. The number of nitrogens with zero attached hydrogens (tertiary/aromatic N) is 2. The fourth-order valence-electron chi connectivity index (χ4n) is 1.65. The van der Waals surface area contributed by atoms with Gasteiger partial charge in [0.2, 0.25) is 0 Å². The van der Waals surface area contributed by atoms with E-state index < -0.39 is 0 Å². The van der Waals surface area contributed by atoms with Crippen molar-refractivity contribution in [2.75, 3.05) is 26.8 Å². The van der Waals surface area contributed by atoms with Gasteiger partial charge in [-0.25, -0.2) is 0 Å². The summed E-state index contributed by atoms with van der Waals surface area (Å²) in [4.78, 5) is 6.47. The molecule has 0 amide bonds. The number of aliphatic imine (C=N–C) groups is 1. The lowest BCUT2D eigenvalue weighted by atomic mass is 10.1. The standard InChI is InChI=1S/C11H23N3O/c1-9(2)8-13-11(12)14(3)10-4-6-15-7-5-10/h9-10H,4-8H2,1-3H3,(H2,12,13). The van der Waals surface area contributed by atoms with Gasteiger partial charge in [0.25, 0.3) is 0 Å². The molecule has 2 N–H and O–H groups in total. The molecule has 0 radical (unpaired) electrons. The van der Waals surface area contributed by atoms with Crippen molar-refractivity contribution in [2.45, 2.75) is 32.7 Å². The van der Waals surface area contributed by atoms with E-state index in [0.717, 1.165) is 32.6 Å². The lowest BCUT2D eigenvalue weighted by Crippen LogP contribution is -2.44. The molecular weight excluding hydrogens is 190 g/mol. The zero-order valence-corrected chi connectivity index (χ0v) is 10.1. The number of ether oxygens (including phenoxy) is 1. The molecule has 0 aromatic heterocycles. The van der Waals surface area contributed by atoms with Crippen molar-refractivity contribution in [1.29, 1.82) is 0 Å². The molecule has 0 atom stereocenters. The number of nitrogens with two attached hydrogens (primary N) is 1. The Hall–Kier alpha value is -0.770. The molecule has 0 bridgehead atoms. The van der Waals surface area contributed by atoms with Gasteiger partial charge in [-0.1, -0.05) is 13.8 Å². The van der Waals surface area contributed by atoms with Gasteiger partial charge in [0, 0.05) is 32.8 Å². The van der Waals surface area contributed by atoms with Gasteiger partial charge in [-0.3, -0.25) is 4.99 Å². The zero-order chi connectivity index (χ0) is 11.3. The summed E-state index contributed by atoms with van der Waals surface area (Å²) in [7, 11) is 2.02. The molecule has 0 unspecified atom stereocenters. The van der Waals surface area contributed by atoms with Crippen LogP contribution in [0.2, 0.25) is 0 Å². The third-order valence-corrected chi connectivity index (χ3v) is 2.72. The van der Waals surface area contributed by atoms with Crippen LogP contribution < -0.4 is 5.73 Å². The van der Waals surface area contributed by atoms with Gasteiger partial charge >= 0.3 is 0 Å². The van der Waals surface area contributed by atoms with Gasteiger partial charge in [0.05, 0.1) is 0 Å². The van der Waals surface area contributed by atoms with Crippen molar-refractivity contribution in [3.63, 3.8) is 0 Å². The summed E-state index contributed by atoms with van der Waals surface area (Å²) >= 11 is 0.